The number of carbonyl (C=O) groups is 2. The molecule has 3 N–H and O–H groups in total. The van der Waals surface area contributed by atoms with Crippen molar-refractivity contribution in [3.05, 3.63) is 54.1 Å². The third-order valence-corrected chi connectivity index (χ3v) is 4.24. The van der Waals surface area contributed by atoms with Crippen LogP contribution in [0.4, 0.5) is 11.4 Å². The number of hydrogen-bond donors (Lipinski definition) is 3. The first-order valence-electron chi connectivity index (χ1n) is 10.3. The SMILES string of the molecule is CCOCCOc1ccccc1NCC(=O)Nc1cccc(C(=O)NCCCOC)c1. The van der Waals surface area contributed by atoms with Crippen molar-refractivity contribution in [1.82, 2.24) is 5.32 Å². The zero-order valence-electron chi connectivity index (χ0n) is 18.1. The minimum Gasteiger partial charge on any atom is -0.489 e. The summed E-state index contributed by atoms with van der Waals surface area (Å²) in [5.74, 6) is 0.229. The summed E-state index contributed by atoms with van der Waals surface area (Å²) in [6.07, 6.45) is 0.737. The van der Waals surface area contributed by atoms with Crippen molar-refractivity contribution in [3.8, 4) is 5.75 Å². The van der Waals surface area contributed by atoms with Crippen LogP contribution in [0.1, 0.15) is 23.7 Å². The van der Waals surface area contributed by atoms with Gasteiger partial charge in [-0.3, -0.25) is 9.59 Å². The van der Waals surface area contributed by atoms with Gasteiger partial charge in [-0.15, -0.1) is 0 Å². The van der Waals surface area contributed by atoms with E-state index in [1.54, 1.807) is 31.4 Å². The largest absolute Gasteiger partial charge is 0.489 e. The molecule has 0 aliphatic heterocycles. The lowest BCUT2D eigenvalue weighted by atomic mass is 10.2. The number of para-hydroxylation sites is 2. The van der Waals surface area contributed by atoms with Gasteiger partial charge in [0.1, 0.15) is 12.4 Å². The summed E-state index contributed by atoms with van der Waals surface area (Å²) < 4.78 is 15.9. The average Bonchev–Trinajstić information content (AvgIpc) is 2.79. The van der Waals surface area contributed by atoms with Crippen molar-refractivity contribution in [2.75, 3.05) is 57.3 Å². The van der Waals surface area contributed by atoms with Gasteiger partial charge in [-0.25, -0.2) is 0 Å². The molecular formula is C23H31N3O5. The van der Waals surface area contributed by atoms with Crippen molar-refractivity contribution in [2.45, 2.75) is 13.3 Å². The fourth-order valence-electron chi connectivity index (χ4n) is 2.73. The van der Waals surface area contributed by atoms with Crippen LogP contribution in [0.25, 0.3) is 0 Å². The minimum atomic E-state index is -0.234. The molecule has 0 saturated heterocycles. The third-order valence-electron chi connectivity index (χ3n) is 4.24. The van der Waals surface area contributed by atoms with Crippen LogP contribution in [-0.4, -0.2) is 58.4 Å². The second kappa shape index (κ2) is 14.0. The molecule has 8 heteroatoms. The van der Waals surface area contributed by atoms with Crippen LogP contribution < -0.4 is 20.7 Å². The highest BCUT2D eigenvalue weighted by Crippen LogP contribution is 2.23. The molecule has 2 aromatic carbocycles. The molecule has 0 radical (unpaired) electrons. The highest BCUT2D eigenvalue weighted by Gasteiger charge is 2.09. The summed E-state index contributed by atoms with van der Waals surface area (Å²) in [5.41, 5.74) is 1.76. The van der Waals surface area contributed by atoms with E-state index in [2.05, 4.69) is 16.0 Å². The van der Waals surface area contributed by atoms with E-state index >= 15 is 0 Å². The Kier molecular flexibility index (Phi) is 10.9. The van der Waals surface area contributed by atoms with Gasteiger partial charge in [0.25, 0.3) is 5.91 Å². The monoisotopic (exact) mass is 429 g/mol. The Bertz CT molecular complexity index is 828. The van der Waals surface area contributed by atoms with E-state index in [-0.39, 0.29) is 18.4 Å². The maximum Gasteiger partial charge on any atom is 0.251 e. The van der Waals surface area contributed by atoms with E-state index in [1.165, 1.54) is 0 Å². The lowest BCUT2D eigenvalue weighted by molar-refractivity contribution is -0.114. The van der Waals surface area contributed by atoms with Gasteiger partial charge < -0.3 is 30.2 Å². The quantitative estimate of drug-likeness (QED) is 0.400. The number of ether oxygens (including phenoxy) is 3. The van der Waals surface area contributed by atoms with Gasteiger partial charge in [0, 0.05) is 38.1 Å². The van der Waals surface area contributed by atoms with Crippen LogP contribution in [0.5, 0.6) is 5.75 Å². The molecule has 0 heterocycles. The number of carbonyl (C=O) groups excluding carboxylic acids is 2. The molecule has 0 spiro atoms. The normalized spacial score (nSPS) is 10.4. The molecular weight excluding hydrogens is 398 g/mol. The second-order valence-corrected chi connectivity index (χ2v) is 6.63. The van der Waals surface area contributed by atoms with E-state index < -0.39 is 0 Å². The molecule has 8 nitrogen and oxygen atoms in total. The topological polar surface area (TPSA) is 97.9 Å². The predicted molar refractivity (Wildman–Crippen MR) is 121 cm³/mol. The summed E-state index contributed by atoms with van der Waals surface area (Å²) in [5, 5.41) is 8.71. The van der Waals surface area contributed by atoms with E-state index in [0.29, 0.717) is 50.0 Å². The lowest BCUT2D eigenvalue weighted by Crippen LogP contribution is -2.25. The third kappa shape index (κ3) is 9.06. The van der Waals surface area contributed by atoms with Crippen molar-refractivity contribution in [2.24, 2.45) is 0 Å². The average molecular weight is 430 g/mol. The van der Waals surface area contributed by atoms with E-state index in [1.807, 2.05) is 31.2 Å². The van der Waals surface area contributed by atoms with Gasteiger partial charge >= 0.3 is 0 Å². The van der Waals surface area contributed by atoms with Gasteiger partial charge in [-0.2, -0.15) is 0 Å². The Morgan fingerprint density at radius 1 is 1.00 bits per heavy atom. The Labute approximate surface area is 183 Å². The summed E-state index contributed by atoms with van der Waals surface area (Å²) in [6, 6.07) is 14.2. The first-order valence-corrected chi connectivity index (χ1v) is 10.3. The fourth-order valence-corrected chi connectivity index (χ4v) is 2.73. The van der Waals surface area contributed by atoms with Crippen LogP contribution in [0.15, 0.2) is 48.5 Å². The lowest BCUT2D eigenvalue weighted by Gasteiger charge is -2.13. The fraction of sp³-hybridized carbons (Fsp3) is 0.391. The van der Waals surface area contributed by atoms with Gasteiger partial charge in [0.05, 0.1) is 18.8 Å². The summed E-state index contributed by atoms with van der Waals surface area (Å²) in [7, 11) is 1.62. The van der Waals surface area contributed by atoms with E-state index in [4.69, 9.17) is 14.2 Å². The first kappa shape index (κ1) is 24.2. The molecule has 0 unspecified atom stereocenters. The number of rotatable bonds is 14. The molecule has 0 bridgehead atoms. The van der Waals surface area contributed by atoms with Gasteiger partial charge in [-0.1, -0.05) is 18.2 Å². The van der Waals surface area contributed by atoms with Gasteiger partial charge in [-0.05, 0) is 43.7 Å². The van der Waals surface area contributed by atoms with Crippen LogP contribution in [-0.2, 0) is 14.3 Å². The predicted octanol–water partition coefficient (Wildman–Crippen LogP) is 2.92. The maximum absolute atomic E-state index is 12.4. The number of anilines is 2. The Hall–Kier alpha value is -3.10. The smallest absolute Gasteiger partial charge is 0.251 e. The van der Waals surface area contributed by atoms with Crippen LogP contribution >= 0.6 is 0 Å². The molecule has 0 saturated carbocycles. The number of benzene rings is 2. The molecule has 0 fully saturated rings. The maximum atomic E-state index is 12.4. The van der Waals surface area contributed by atoms with Crippen molar-refractivity contribution in [3.63, 3.8) is 0 Å². The standard InChI is InChI=1S/C23H31N3O5/c1-3-30-14-15-31-21-11-5-4-10-20(21)25-17-22(27)26-19-9-6-8-18(16-19)23(28)24-12-7-13-29-2/h4-6,8-11,16,25H,3,7,12-15,17H2,1-2H3,(H,24,28)(H,26,27). The van der Waals surface area contributed by atoms with Crippen LogP contribution in [0, 0.1) is 0 Å². The highest BCUT2D eigenvalue weighted by atomic mass is 16.5. The van der Waals surface area contributed by atoms with Crippen molar-refractivity contribution in [1.29, 1.82) is 0 Å². The molecule has 0 aromatic heterocycles. The zero-order chi connectivity index (χ0) is 22.3. The second-order valence-electron chi connectivity index (χ2n) is 6.63. The summed E-state index contributed by atoms with van der Waals surface area (Å²) in [4.78, 5) is 24.6. The molecule has 0 aliphatic carbocycles. The van der Waals surface area contributed by atoms with Crippen molar-refractivity contribution >= 4 is 23.2 Å². The summed E-state index contributed by atoms with van der Waals surface area (Å²) >= 11 is 0. The molecule has 2 aromatic rings. The molecule has 31 heavy (non-hydrogen) atoms. The minimum absolute atomic E-state index is 0.0548. The number of hydrogen-bond acceptors (Lipinski definition) is 6. The highest BCUT2D eigenvalue weighted by molar-refractivity contribution is 5.98. The Morgan fingerprint density at radius 3 is 2.65 bits per heavy atom. The zero-order valence-corrected chi connectivity index (χ0v) is 18.1. The van der Waals surface area contributed by atoms with E-state index in [9.17, 15) is 9.59 Å². The Morgan fingerprint density at radius 2 is 1.84 bits per heavy atom. The van der Waals surface area contributed by atoms with Gasteiger partial charge in [0.15, 0.2) is 0 Å². The first-order chi connectivity index (χ1) is 15.1. The molecule has 2 rings (SSSR count). The number of nitrogens with one attached hydrogen (secondary N) is 3. The molecule has 0 atom stereocenters. The summed E-state index contributed by atoms with van der Waals surface area (Å²) in [6.45, 7) is 4.67. The van der Waals surface area contributed by atoms with Crippen LogP contribution in [0.3, 0.4) is 0 Å². The molecule has 2 amide bonds. The molecule has 168 valence electrons. The number of amides is 2. The van der Waals surface area contributed by atoms with E-state index in [0.717, 1.165) is 12.1 Å². The van der Waals surface area contributed by atoms with Crippen molar-refractivity contribution < 1.29 is 23.8 Å². The number of methoxy groups -OCH3 is 1. The Balaban J connectivity index is 1.84. The van der Waals surface area contributed by atoms with Gasteiger partial charge in [0.2, 0.25) is 5.91 Å². The van der Waals surface area contributed by atoms with Crippen LogP contribution in [0.2, 0.25) is 0 Å². The molecule has 0 aliphatic rings.